The number of carbonyl (C=O) groups is 1. The summed E-state index contributed by atoms with van der Waals surface area (Å²) in [5, 5.41) is 12.9. The van der Waals surface area contributed by atoms with Crippen LogP contribution in [-0.2, 0) is 14.9 Å². The van der Waals surface area contributed by atoms with Crippen molar-refractivity contribution in [2.75, 3.05) is 19.3 Å². The van der Waals surface area contributed by atoms with E-state index >= 15 is 0 Å². The molecular weight excluding hydrogens is 246 g/mol. The highest BCUT2D eigenvalue weighted by atomic mass is 32.2. The minimum Gasteiger partial charge on any atom is -0.748 e. The molecule has 0 aliphatic heterocycles. The molecule has 7 heteroatoms. The summed E-state index contributed by atoms with van der Waals surface area (Å²) in [5.41, 5.74) is 0. The van der Waals surface area contributed by atoms with Crippen LogP contribution in [0.1, 0.15) is 43.1 Å². The molecule has 0 fully saturated rings. The van der Waals surface area contributed by atoms with Gasteiger partial charge in [-0.1, -0.05) is 36.1 Å². The first-order valence-electron chi connectivity index (χ1n) is 3.86. The highest BCUT2D eigenvalue weighted by Gasteiger charge is 1.65. The van der Waals surface area contributed by atoms with Crippen molar-refractivity contribution in [3.8, 4) is 0 Å². The largest absolute Gasteiger partial charge is 0.748 e. The van der Waals surface area contributed by atoms with Crippen molar-refractivity contribution in [1.29, 1.82) is 0 Å². The summed E-state index contributed by atoms with van der Waals surface area (Å²) < 4.78 is 27.2. The Bertz CT molecular complexity index is 201. The lowest BCUT2D eigenvalue weighted by atomic mass is 10.7. The lowest BCUT2D eigenvalue weighted by Gasteiger charge is -2.07. The standard InChI is InChI=1S/C4H10N.C2H4O2.CH4O3S.3CH4/c1-3-5-4-2;1-2(3)4;1-5(2,3)4;;;/h3-4H2,1-2H3;1H3,(H,3,4);1H3,(H,2,3,4);3*1H4/q-1;;;;;/p-2. The second-order valence-electron chi connectivity index (χ2n) is 2.05. The third-order valence-corrected chi connectivity index (χ3v) is 0.447. The van der Waals surface area contributed by atoms with E-state index in [9.17, 15) is 0 Å². The van der Waals surface area contributed by atoms with Crippen LogP contribution in [0.25, 0.3) is 5.32 Å². The molecule has 6 nitrogen and oxygen atoms in total. The normalized spacial score (nSPS) is 7.35. The molecule has 0 spiro atoms. The van der Waals surface area contributed by atoms with Crippen LogP contribution >= 0.6 is 0 Å². The minimum atomic E-state index is -3.92. The van der Waals surface area contributed by atoms with Gasteiger partial charge in [0.05, 0.1) is 10.1 Å². The third kappa shape index (κ3) is 1520. The third-order valence-electron chi connectivity index (χ3n) is 0.447. The van der Waals surface area contributed by atoms with E-state index < -0.39 is 16.1 Å². The molecule has 0 saturated carbocycles. The first-order chi connectivity index (χ1) is 6.15. The maximum atomic E-state index is 9.08. The van der Waals surface area contributed by atoms with Crippen LogP contribution in [-0.4, -0.2) is 38.3 Å². The van der Waals surface area contributed by atoms with Crippen molar-refractivity contribution in [1.82, 2.24) is 0 Å². The molecule has 0 saturated heterocycles. The second-order valence-corrected chi connectivity index (χ2v) is 3.46. The minimum absolute atomic E-state index is 0. The summed E-state index contributed by atoms with van der Waals surface area (Å²) in [6, 6.07) is 0. The van der Waals surface area contributed by atoms with Crippen LogP contribution in [0.5, 0.6) is 0 Å². The predicted octanol–water partition coefficient (Wildman–Crippen LogP) is 1.23. The number of carboxylic acids is 1. The molecule has 0 aromatic carbocycles. The van der Waals surface area contributed by atoms with Gasteiger partial charge >= 0.3 is 0 Å². The molecule has 0 amide bonds. The molecule has 0 bridgehead atoms. The van der Waals surface area contributed by atoms with Crippen LogP contribution in [0.2, 0.25) is 0 Å². The summed E-state index contributed by atoms with van der Waals surface area (Å²) in [7, 11) is -3.92. The lowest BCUT2D eigenvalue weighted by Crippen LogP contribution is -2.16. The van der Waals surface area contributed by atoms with Gasteiger partial charge in [0.1, 0.15) is 0 Å². The zero-order chi connectivity index (χ0) is 12.2. The van der Waals surface area contributed by atoms with Crippen molar-refractivity contribution in [2.45, 2.75) is 43.1 Å². The van der Waals surface area contributed by atoms with E-state index in [1.165, 1.54) is 0 Å². The van der Waals surface area contributed by atoms with Gasteiger partial charge in [-0.15, -0.1) is 0 Å². The smallest absolute Gasteiger partial charge is 0.0916 e. The molecule has 0 rings (SSSR count). The van der Waals surface area contributed by atoms with Gasteiger partial charge in [-0.05, 0) is 6.92 Å². The molecule has 0 heterocycles. The highest BCUT2D eigenvalue weighted by molar-refractivity contribution is 7.84. The fourth-order valence-electron chi connectivity index (χ4n) is 0.224. The van der Waals surface area contributed by atoms with Crippen LogP contribution in [0.4, 0.5) is 0 Å². The maximum Gasteiger partial charge on any atom is 0.0916 e. The molecule has 0 unspecified atom stereocenters. The predicted molar refractivity (Wildman–Crippen MR) is 70.9 cm³/mol. The average molecular weight is 274 g/mol. The van der Waals surface area contributed by atoms with E-state index in [0.717, 1.165) is 20.0 Å². The first kappa shape index (κ1) is 36.0. The van der Waals surface area contributed by atoms with E-state index in [1.807, 2.05) is 13.8 Å². The van der Waals surface area contributed by atoms with Gasteiger partial charge in [-0.2, -0.15) is 13.1 Å². The molecule has 0 radical (unpaired) electrons. The van der Waals surface area contributed by atoms with Crippen molar-refractivity contribution >= 4 is 16.1 Å². The van der Waals surface area contributed by atoms with Gasteiger partial charge in [-0.25, -0.2) is 8.42 Å². The maximum absolute atomic E-state index is 9.08. The molecule has 112 valence electrons. The topological polar surface area (TPSA) is 111 Å². The van der Waals surface area contributed by atoms with Crippen molar-refractivity contribution in [3.05, 3.63) is 5.32 Å². The number of carboxylic acid groups (broad SMARTS) is 1. The molecular formula is C10H28NO5S-3. The van der Waals surface area contributed by atoms with Crippen molar-refractivity contribution < 1.29 is 22.9 Å². The highest BCUT2D eigenvalue weighted by Crippen LogP contribution is 1.77. The zero-order valence-electron chi connectivity index (χ0n) is 8.81. The molecule has 17 heavy (non-hydrogen) atoms. The van der Waals surface area contributed by atoms with Crippen molar-refractivity contribution in [3.63, 3.8) is 0 Å². The summed E-state index contributed by atoms with van der Waals surface area (Å²) in [5.74, 6) is -1.08. The number of carbonyl (C=O) groups excluding carboxylic acids is 1. The van der Waals surface area contributed by atoms with Gasteiger partial charge in [0.2, 0.25) is 0 Å². The van der Waals surface area contributed by atoms with Crippen LogP contribution in [0, 0.1) is 0 Å². The Hall–Kier alpha value is -0.660. The van der Waals surface area contributed by atoms with Gasteiger partial charge < -0.3 is 19.8 Å². The molecule has 0 aromatic heterocycles. The summed E-state index contributed by atoms with van der Waals surface area (Å²) in [6.07, 6.45) is 0.604. The molecule has 0 aliphatic rings. The summed E-state index contributed by atoms with van der Waals surface area (Å²) in [6.45, 7) is 7.00. The van der Waals surface area contributed by atoms with Crippen LogP contribution in [0.3, 0.4) is 0 Å². The molecule has 0 atom stereocenters. The SMILES string of the molecule is C.C.C.CC(=O)[O-].CC[N-]CC.CS(=O)(=O)[O-]. The number of rotatable bonds is 2. The zero-order valence-corrected chi connectivity index (χ0v) is 9.63. The number of aliphatic carboxylic acids is 1. The van der Waals surface area contributed by atoms with Crippen LogP contribution < -0.4 is 5.11 Å². The second kappa shape index (κ2) is 24.5. The van der Waals surface area contributed by atoms with E-state index in [4.69, 9.17) is 22.9 Å². The van der Waals surface area contributed by atoms with E-state index in [0.29, 0.717) is 6.26 Å². The fourth-order valence-corrected chi connectivity index (χ4v) is 0.224. The Morgan fingerprint density at radius 1 is 1.12 bits per heavy atom. The Morgan fingerprint density at radius 3 is 1.24 bits per heavy atom. The number of hydrogen-bond donors (Lipinski definition) is 0. The fraction of sp³-hybridized carbons (Fsp3) is 0.900. The summed E-state index contributed by atoms with van der Waals surface area (Å²) >= 11 is 0. The van der Waals surface area contributed by atoms with Gasteiger partial charge in [-0.3, -0.25) is 0 Å². The Morgan fingerprint density at radius 2 is 1.24 bits per heavy atom. The van der Waals surface area contributed by atoms with Gasteiger partial charge in [0, 0.05) is 12.2 Å². The number of hydrogen-bond acceptors (Lipinski definition) is 5. The Labute approximate surface area is 107 Å². The lowest BCUT2D eigenvalue weighted by molar-refractivity contribution is -0.302. The van der Waals surface area contributed by atoms with Crippen molar-refractivity contribution in [2.24, 2.45) is 0 Å². The van der Waals surface area contributed by atoms with E-state index in [-0.39, 0.29) is 22.3 Å². The Kier molecular flexibility index (Phi) is 51.9. The molecule has 0 aliphatic carbocycles. The molecule has 0 N–H and O–H groups in total. The number of nitrogens with zero attached hydrogens (tertiary/aromatic N) is 1. The van der Waals surface area contributed by atoms with Gasteiger partial charge in [0.25, 0.3) is 0 Å². The average Bonchev–Trinajstić information content (AvgIpc) is 1.83. The Balaban J connectivity index is -0.0000000247. The monoisotopic (exact) mass is 274 g/mol. The van der Waals surface area contributed by atoms with Gasteiger partial charge in [0.15, 0.2) is 0 Å². The van der Waals surface area contributed by atoms with E-state index in [2.05, 4.69) is 5.32 Å². The van der Waals surface area contributed by atoms with E-state index in [1.54, 1.807) is 0 Å². The quantitative estimate of drug-likeness (QED) is 0.703. The first-order valence-corrected chi connectivity index (χ1v) is 5.68. The van der Waals surface area contributed by atoms with Crippen LogP contribution in [0.15, 0.2) is 0 Å². The molecule has 0 aromatic rings. The summed E-state index contributed by atoms with van der Waals surface area (Å²) in [4.78, 5) is 8.89.